The molecule has 0 atom stereocenters. The molecule has 0 spiro atoms. The Morgan fingerprint density at radius 3 is 2.52 bits per heavy atom. The molecule has 1 aliphatic rings. The number of ether oxygens (including phenoxy) is 1. The van der Waals surface area contributed by atoms with Gasteiger partial charge in [0.2, 0.25) is 0 Å². The van der Waals surface area contributed by atoms with Crippen LogP contribution in [-0.2, 0) is 0 Å². The zero-order valence-corrected chi connectivity index (χ0v) is 14.0. The quantitative estimate of drug-likeness (QED) is 0.322. The lowest BCUT2D eigenvalue weighted by molar-refractivity contribution is -0.386. The van der Waals surface area contributed by atoms with E-state index in [1.165, 1.54) is 25.7 Å². The first-order chi connectivity index (χ1) is 10.1. The second-order valence-corrected chi connectivity index (χ2v) is 6.58. The van der Waals surface area contributed by atoms with Crippen LogP contribution >= 0.6 is 15.9 Å². The van der Waals surface area contributed by atoms with Crippen LogP contribution < -0.4 is 4.74 Å². The SMILES string of the molecule is Cc1cccc(OCC2(CBr)CCCCCC2)c1[N+](=O)[O-]. The lowest BCUT2D eigenvalue weighted by Gasteiger charge is -2.30. The topological polar surface area (TPSA) is 52.4 Å². The maximum atomic E-state index is 11.2. The van der Waals surface area contributed by atoms with E-state index in [0.29, 0.717) is 17.9 Å². The number of nitrogens with zero attached hydrogens (tertiary/aromatic N) is 1. The fourth-order valence-corrected chi connectivity index (χ4v) is 3.73. The van der Waals surface area contributed by atoms with Gasteiger partial charge in [-0.1, -0.05) is 53.7 Å². The summed E-state index contributed by atoms with van der Waals surface area (Å²) in [5.41, 5.74) is 0.843. The molecule has 21 heavy (non-hydrogen) atoms. The summed E-state index contributed by atoms with van der Waals surface area (Å²) >= 11 is 3.62. The zero-order valence-electron chi connectivity index (χ0n) is 12.4. The first-order valence-corrected chi connectivity index (χ1v) is 8.63. The van der Waals surface area contributed by atoms with Gasteiger partial charge in [-0.2, -0.15) is 0 Å². The van der Waals surface area contributed by atoms with Gasteiger partial charge in [0, 0.05) is 16.3 Å². The molecule has 0 bridgehead atoms. The van der Waals surface area contributed by atoms with E-state index in [0.717, 1.165) is 18.2 Å². The molecule has 5 heteroatoms. The normalized spacial score (nSPS) is 18.0. The van der Waals surface area contributed by atoms with Gasteiger partial charge in [-0.3, -0.25) is 10.1 Å². The summed E-state index contributed by atoms with van der Waals surface area (Å²) in [6.07, 6.45) is 7.23. The van der Waals surface area contributed by atoms with E-state index < -0.39 is 0 Å². The highest BCUT2D eigenvalue weighted by atomic mass is 79.9. The minimum absolute atomic E-state index is 0.0934. The second-order valence-electron chi connectivity index (χ2n) is 6.02. The first-order valence-electron chi connectivity index (χ1n) is 7.51. The lowest BCUT2D eigenvalue weighted by Crippen LogP contribution is -2.30. The number of halogens is 1. The Morgan fingerprint density at radius 1 is 1.29 bits per heavy atom. The predicted molar refractivity (Wildman–Crippen MR) is 87.3 cm³/mol. The van der Waals surface area contributed by atoms with E-state index >= 15 is 0 Å². The molecule has 0 amide bonds. The monoisotopic (exact) mass is 355 g/mol. The summed E-state index contributed by atoms with van der Waals surface area (Å²) in [7, 11) is 0. The number of hydrogen-bond donors (Lipinski definition) is 0. The molecule has 0 N–H and O–H groups in total. The van der Waals surface area contributed by atoms with Gasteiger partial charge in [0.25, 0.3) is 0 Å². The summed E-state index contributed by atoms with van der Waals surface area (Å²) in [6, 6.07) is 5.26. The molecular formula is C16H22BrNO3. The van der Waals surface area contributed by atoms with Crippen LogP contribution in [0.1, 0.15) is 44.1 Å². The number of nitro groups is 1. The molecule has 0 aliphatic heterocycles. The average Bonchev–Trinajstić information content (AvgIpc) is 2.71. The highest BCUT2D eigenvalue weighted by molar-refractivity contribution is 9.09. The molecule has 0 saturated heterocycles. The second kappa shape index (κ2) is 7.25. The highest BCUT2D eigenvalue weighted by Gasteiger charge is 2.32. The first kappa shape index (κ1) is 16.3. The Bertz CT molecular complexity index is 496. The fourth-order valence-electron chi connectivity index (χ4n) is 3.01. The number of alkyl halides is 1. The van der Waals surface area contributed by atoms with Gasteiger partial charge in [-0.25, -0.2) is 0 Å². The van der Waals surface area contributed by atoms with Gasteiger partial charge in [-0.15, -0.1) is 0 Å². The molecule has 116 valence electrons. The van der Waals surface area contributed by atoms with Crippen LogP contribution in [0.5, 0.6) is 5.75 Å². The van der Waals surface area contributed by atoms with Gasteiger partial charge in [0.05, 0.1) is 11.5 Å². The van der Waals surface area contributed by atoms with Gasteiger partial charge in [0.1, 0.15) is 0 Å². The van der Waals surface area contributed by atoms with Crippen molar-refractivity contribution >= 4 is 21.6 Å². The van der Waals surface area contributed by atoms with Crippen molar-refractivity contribution in [2.45, 2.75) is 45.4 Å². The molecule has 1 saturated carbocycles. The number of para-hydroxylation sites is 1. The van der Waals surface area contributed by atoms with Gasteiger partial charge < -0.3 is 4.74 Å². The largest absolute Gasteiger partial charge is 0.486 e. The number of hydrogen-bond acceptors (Lipinski definition) is 3. The van der Waals surface area contributed by atoms with Crippen LogP contribution in [0, 0.1) is 22.5 Å². The van der Waals surface area contributed by atoms with Crippen molar-refractivity contribution in [3.63, 3.8) is 0 Å². The third-order valence-electron chi connectivity index (χ3n) is 4.36. The summed E-state index contributed by atoms with van der Waals surface area (Å²) < 4.78 is 5.90. The van der Waals surface area contributed by atoms with Crippen molar-refractivity contribution < 1.29 is 9.66 Å². The third-order valence-corrected chi connectivity index (χ3v) is 5.55. The highest BCUT2D eigenvalue weighted by Crippen LogP contribution is 2.38. The smallest absolute Gasteiger partial charge is 0.313 e. The Hall–Kier alpha value is -1.10. The molecule has 1 aliphatic carbocycles. The maximum absolute atomic E-state index is 11.2. The number of benzene rings is 1. The molecule has 1 aromatic carbocycles. The van der Waals surface area contributed by atoms with Crippen LogP contribution in [0.2, 0.25) is 0 Å². The third kappa shape index (κ3) is 3.96. The molecule has 4 nitrogen and oxygen atoms in total. The summed E-state index contributed by atoms with van der Waals surface area (Å²) in [5.74, 6) is 0.393. The molecule has 0 aromatic heterocycles. The Balaban J connectivity index is 2.14. The van der Waals surface area contributed by atoms with Gasteiger partial charge in [0.15, 0.2) is 5.75 Å². The lowest BCUT2D eigenvalue weighted by atomic mass is 9.83. The zero-order chi connectivity index (χ0) is 15.3. The van der Waals surface area contributed by atoms with E-state index in [1.54, 1.807) is 19.1 Å². The number of nitro benzene ring substituents is 1. The minimum Gasteiger partial charge on any atom is -0.486 e. The van der Waals surface area contributed by atoms with Gasteiger partial charge >= 0.3 is 5.69 Å². The van der Waals surface area contributed by atoms with Crippen molar-refractivity contribution in [1.29, 1.82) is 0 Å². The van der Waals surface area contributed by atoms with Crippen molar-refractivity contribution in [2.75, 3.05) is 11.9 Å². The minimum atomic E-state index is -0.349. The fraction of sp³-hybridized carbons (Fsp3) is 0.625. The number of rotatable bonds is 5. The van der Waals surface area contributed by atoms with Crippen LogP contribution in [0.3, 0.4) is 0 Å². The van der Waals surface area contributed by atoms with Crippen LogP contribution in [-0.4, -0.2) is 16.9 Å². The van der Waals surface area contributed by atoms with Gasteiger partial charge in [-0.05, 0) is 25.8 Å². The van der Waals surface area contributed by atoms with Crippen LogP contribution in [0.15, 0.2) is 18.2 Å². The maximum Gasteiger partial charge on any atom is 0.313 e. The Labute approximate surface area is 134 Å². The average molecular weight is 356 g/mol. The molecule has 1 fully saturated rings. The van der Waals surface area contributed by atoms with Crippen molar-refractivity contribution in [2.24, 2.45) is 5.41 Å². The summed E-state index contributed by atoms with van der Waals surface area (Å²) in [6.45, 7) is 2.29. The van der Waals surface area contributed by atoms with Crippen molar-refractivity contribution in [3.05, 3.63) is 33.9 Å². The standard InChI is InChI=1S/C16H22BrNO3/c1-13-7-6-8-14(15(13)18(19)20)21-12-16(11-17)9-4-2-3-5-10-16/h6-8H,2-5,9-12H2,1H3. The summed E-state index contributed by atoms with van der Waals surface area (Å²) in [4.78, 5) is 10.9. The molecular weight excluding hydrogens is 334 g/mol. The Morgan fingerprint density at radius 2 is 1.95 bits per heavy atom. The molecule has 1 aromatic rings. The van der Waals surface area contributed by atoms with E-state index in [9.17, 15) is 10.1 Å². The van der Waals surface area contributed by atoms with Crippen LogP contribution in [0.4, 0.5) is 5.69 Å². The van der Waals surface area contributed by atoms with Crippen molar-refractivity contribution in [1.82, 2.24) is 0 Å². The molecule has 0 heterocycles. The molecule has 2 rings (SSSR count). The summed E-state index contributed by atoms with van der Waals surface area (Å²) in [5, 5.41) is 12.1. The molecule has 0 radical (unpaired) electrons. The predicted octanol–water partition coefficient (Wildman–Crippen LogP) is 5.02. The van der Waals surface area contributed by atoms with Crippen LogP contribution in [0.25, 0.3) is 0 Å². The Kier molecular flexibility index (Phi) is 5.62. The number of aryl methyl sites for hydroxylation is 1. The van der Waals surface area contributed by atoms with E-state index in [-0.39, 0.29) is 16.0 Å². The van der Waals surface area contributed by atoms with E-state index in [1.807, 2.05) is 6.07 Å². The van der Waals surface area contributed by atoms with Crippen molar-refractivity contribution in [3.8, 4) is 5.75 Å². The van der Waals surface area contributed by atoms with E-state index in [2.05, 4.69) is 15.9 Å². The molecule has 0 unspecified atom stereocenters. The van der Waals surface area contributed by atoms with E-state index in [4.69, 9.17) is 4.74 Å².